The molecule has 18 heavy (non-hydrogen) atoms. The zero-order valence-electron chi connectivity index (χ0n) is 10.2. The number of aromatic nitrogens is 2. The van der Waals surface area contributed by atoms with E-state index in [1.807, 2.05) is 0 Å². The lowest BCUT2D eigenvalue weighted by Gasteiger charge is -2.09. The van der Waals surface area contributed by atoms with E-state index < -0.39 is 6.04 Å². The lowest BCUT2D eigenvalue weighted by atomic mass is 9.99. The molecule has 4 nitrogen and oxygen atoms in total. The minimum atomic E-state index is -0.774. The van der Waals surface area contributed by atoms with E-state index in [4.69, 9.17) is 5.73 Å². The van der Waals surface area contributed by atoms with Gasteiger partial charge in [-0.25, -0.2) is 4.39 Å². The molecule has 1 heterocycles. The highest BCUT2D eigenvalue weighted by Gasteiger charge is 2.19. The summed E-state index contributed by atoms with van der Waals surface area (Å²) >= 11 is 0. The highest BCUT2D eigenvalue weighted by Crippen LogP contribution is 2.17. The van der Waals surface area contributed by atoms with Crippen LogP contribution in [-0.4, -0.2) is 15.6 Å². The van der Waals surface area contributed by atoms with Crippen molar-refractivity contribution < 1.29 is 9.18 Å². The molecule has 0 fully saturated rings. The van der Waals surface area contributed by atoms with Crippen molar-refractivity contribution in [1.82, 2.24) is 9.78 Å². The molecular weight excluding hydrogens is 233 g/mol. The summed E-state index contributed by atoms with van der Waals surface area (Å²) in [6, 6.07) is 3.46. The van der Waals surface area contributed by atoms with E-state index in [1.54, 1.807) is 31.0 Å². The quantitative estimate of drug-likeness (QED) is 0.840. The number of nitrogens with two attached hydrogens (primary N) is 1. The molecule has 94 valence electrons. The molecule has 2 rings (SSSR count). The zero-order chi connectivity index (χ0) is 13.3. The van der Waals surface area contributed by atoms with Gasteiger partial charge in [0.1, 0.15) is 5.82 Å². The molecule has 0 aliphatic heterocycles. The molecule has 1 unspecified atom stereocenters. The van der Waals surface area contributed by atoms with Crippen LogP contribution in [0.3, 0.4) is 0 Å². The third-order valence-electron chi connectivity index (χ3n) is 2.81. The van der Waals surface area contributed by atoms with Crippen molar-refractivity contribution in [1.29, 1.82) is 0 Å². The molecule has 0 radical (unpaired) electrons. The molecule has 0 saturated heterocycles. The SMILES string of the molecule is Cc1cc(C(=O)C(N)c2cnn(C)c2)ccc1F. The van der Waals surface area contributed by atoms with Gasteiger partial charge in [0.05, 0.1) is 12.2 Å². The molecule has 0 spiro atoms. The first-order valence-electron chi connectivity index (χ1n) is 5.53. The van der Waals surface area contributed by atoms with Gasteiger partial charge in [-0.15, -0.1) is 0 Å². The second-order valence-corrected chi connectivity index (χ2v) is 4.25. The molecular formula is C13H14FN3O. The maximum atomic E-state index is 13.1. The highest BCUT2D eigenvalue weighted by atomic mass is 19.1. The molecule has 0 bridgehead atoms. The lowest BCUT2D eigenvalue weighted by molar-refractivity contribution is 0.0961. The number of rotatable bonds is 3. The van der Waals surface area contributed by atoms with Crippen LogP contribution in [0.1, 0.15) is 27.5 Å². The van der Waals surface area contributed by atoms with Crippen LogP contribution in [0.4, 0.5) is 4.39 Å². The fraction of sp³-hybridized carbons (Fsp3) is 0.231. The van der Waals surface area contributed by atoms with Gasteiger partial charge in [-0.3, -0.25) is 9.48 Å². The van der Waals surface area contributed by atoms with Crippen LogP contribution < -0.4 is 5.73 Å². The number of halogens is 1. The van der Waals surface area contributed by atoms with E-state index in [9.17, 15) is 9.18 Å². The summed E-state index contributed by atoms with van der Waals surface area (Å²) in [4.78, 5) is 12.1. The van der Waals surface area contributed by atoms with Crippen molar-refractivity contribution in [2.75, 3.05) is 0 Å². The molecule has 0 saturated carbocycles. The Bertz CT molecular complexity index is 592. The molecule has 0 amide bonds. The largest absolute Gasteiger partial charge is 0.317 e. The predicted molar refractivity (Wildman–Crippen MR) is 65.6 cm³/mol. The van der Waals surface area contributed by atoms with E-state index in [1.165, 1.54) is 18.2 Å². The fourth-order valence-corrected chi connectivity index (χ4v) is 1.73. The van der Waals surface area contributed by atoms with Gasteiger partial charge < -0.3 is 5.73 Å². The lowest BCUT2D eigenvalue weighted by Crippen LogP contribution is -2.21. The van der Waals surface area contributed by atoms with Crippen molar-refractivity contribution in [3.05, 3.63) is 53.1 Å². The Morgan fingerprint density at radius 1 is 1.50 bits per heavy atom. The van der Waals surface area contributed by atoms with E-state index in [-0.39, 0.29) is 11.6 Å². The first-order valence-corrected chi connectivity index (χ1v) is 5.53. The number of hydrogen-bond donors (Lipinski definition) is 1. The number of hydrogen-bond acceptors (Lipinski definition) is 3. The van der Waals surface area contributed by atoms with Crippen molar-refractivity contribution >= 4 is 5.78 Å². The van der Waals surface area contributed by atoms with Gasteiger partial charge in [-0.2, -0.15) is 5.10 Å². The molecule has 5 heteroatoms. The molecule has 1 atom stereocenters. The minimum Gasteiger partial charge on any atom is -0.317 e. The first-order chi connectivity index (χ1) is 8.49. The van der Waals surface area contributed by atoms with Gasteiger partial charge in [-0.1, -0.05) is 0 Å². The number of carbonyl (C=O) groups is 1. The Morgan fingerprint density at radius 3 is 2.78 bits per heavy atom. The van der Waals surface area contributed by atoms with Gasteiger partial charge in [-0.05, 0) is 30.7 Å². The molecule has 0 aliphatic carbocycles. The van der Waals surface area contributed by atoms with E-state index in [2.05, 4.69) is 5.10 Å². The second kappa shape index (κ2) is 4.70. The average molecular weight is 247 g/mol. The van der Waals surface area contributed by atoms with E-state index >= 15 is 0 Å². The predicted octanol–water partition coefficient (Wildman–Crippen LogP) is 1.75. The summed E-state index contributed by atoms with van der Waals surface area (Å²) in [6.45, 7) is 1.61. The van der Waals surface area contributed by atoms with Crippen molar-refractivity contribution in [2.45, 2.75) is 13.0 Å². The van der Waals surface area contributed by atoms with Crippen LogP contribution in [0.5, 0.6) is 0 Å². The Balaban J connectivity index is 2.28. The number of ketones is 1. The fourth-order valence-electron chi connectivity index (χ4n) is 1.73. The number of carbonyl (C=O) groups excluding carboxylic acids is 1. The maximum Gasteiger partial charge on any atom is 0.184 e. The van der Waals surface area contributed by atoms with Crippen LogP contribution >= 0.6 is 0 Å². The third-order valence-corrected chi connectivity index (χ3v) is 2.81. The van der Waals surface area contributed by atoms with Crippen LogP contribution in [0, 0.1) is 12.7 Å². The summed E-state index contributed by atoms with van der Waals surface area (Å²) in [5.41, 5.74) is 7.36. The van der Waals surface area contributed by atoms with E-state index in [0.29, 0.717) is 16.7 Å². The molecule has 1 aromatic heterocycles. The van der Waals surface area contributed by atoms with E-state index in [0.717, 1.165) is 0 Å². The van der Waals surface area contributed by atoms with Crippen LogP contribution in [0.25, 0.3) is 0 Å². The summed E-state index contributed by atoms with van der Waals surface area (Å²) in [5, 5.41) is 3.97. The maximum absolute atomic E-state index is 13.1. The molecule has 2 aromatic rings. The Labute approximate surface area is 104 Å². The Morgan fingerprint density at radius 2 is 2.22 bits per heavy atom. The van der Waals surface area contributed by atoms with Crippen molar-refractivity contribution in [3.63, 3.8) is 0 Å². The van der Waals surface area contributed by atoms with Gasteiger partial charge in [0.15, 0.2) is 5.78 Å². The summed E-state index contributed by atoms with van der Waals surface area (Å²) in [6.07, 6.45) is 3.25. The topological polar surface area (TPSA) is 60.9 Å². The van der Waals surface area contributed by atoms with Crippen LogP contribution in [-0.2, 0) is 7.05 Å². The minimum absolute atomic E-state index is 0.244. The summed E-state index contributed by atoms with van der Waals surface area (Å²) < 4.78 is 14.7. The van der Waals surface area contributed by atoms with Crippen molar-refractivity contribution in [3.8, 4) is 0 Å². The number of Topliss-reactive ketones (excluding diaryl/α,β-unsaturated/α-hetero) is 1. The van der Waals surface area contributed by atoms with Gasteiger partial charge in [0, 0.05) is 24.4 Å². The third kappa shape index (κ3) is 2.31. The Kier molecular flexibility index (Phi) is 3.25. The van der Waals surface area contributed by atoms with Crippen molar-refractivity contribution in [2.24, 2.45) is 12.8 Å². The average Bonchev–Trinajstić information content (AvgIpc) is 2.77. The zero-order valence-corrected chi connectivity index (χ0v) is 10.2. The Hall–Kier alpha value is -2.01. The summed E-state index contributed by atoms with van der Waals surface area (Å²) in [7, 11) is 1.75. The monoisotopic (exact) mass is 247 g/mol. The first kappa shape index (κ1) is 12.4. The molecule has 1 aromatic carbocycles. The number of benzene rings is 1. The van der Waals surface area contributed by atoms with Crippen LogP contribution in [0.2, 0.25) is 0 Å². The number of aryl methyl sites for hydroxylation is 2. The highest BCUT2D eigenvalue weighted by molar-refractivity contribution is 6.00. The second-order valence-electron chi connectivity index (χ2n) is 4.25. The standard InChI is InChI=1S/C13H14FN3O/c1-8-5-9(3-4-11(8)14)13(18)12(15)10-6-16-17(2)7-10/h3-7,12H,15H2,1-2H3. The molecule has 0 aliphatic rings. The summed E-state index contributed by atoms with van der Waals surface area (Å²) in [5.74, 6) is -0.576. The normalized spacial score (nSPS) is 12.4. The van der Waals surface area contributed by atoms with Crippen LogP contribution in [0.15, 0.2) is 30.6 Å². The van der Waals surface area contributed by atoms with Gasteiger partial charge in [0.2, 0.25) is 0 Å². The number of nitrogens with zero attached hydrogens (tertiary/aromatic N) is 2. The van der Waals surface area contributed by atoms with Gasteiger partial charge >= 0.3 is 0 Å². The smallest absolute Gasteiger partial charge is 0.184 e. The van der Waals surface area contributed by atoms with Gasteiger partial charge in [0.25, 0.3) is 0 Å². The molecule has 2 N–H and O–H groups in total.